The highest BCUT2D eigenvalue weighted by molar-refractivity contribution is 5.70. The van der Waals surface area contributed by atoms with E-state index in [-0.39, 0.29) is 18.0 Å². The highest BCUT2D eigenvalue weighted by atomic mass is 19.4. The van der Waals surface area contributed by atoms with E-state index in [1.807, 2.05) is 0 Å². The minimum atomic E-state index is -4.39. The average Bonchev–Trinajstić information content (AvgIpc) is 3.11. The Bertz CT molecular complexity index is 1040. The van der Waals surface area contributed by atoms with Gasteiger partial charge < -0.3 is 15.2 Å². The molecule has 0 saturated heterocycles. The zero-order chi connectivity index (χ0) is 21.3. The largest absolute Gasteiger partial charge is 0.481 e. The number of ether oxygens (including phenoxy) is 1. The van der Waals surface area contributed by atoms with E-state index in [4.69, 9.17) is 9.84 Å². The number of rotatable bonds is 5. The summed E-state index contributed by atoms with van der Waals surface area (Å²) in [6.45, 7) is 0. The van der Waals surface area contributed by atoms with Gasteiger partial charge in [-0.1, -0.05) is 6.07 Å². The normalized spacial score (nSPS) is 19.6. The molecule has 7 nitrogen and oxygen atoms in total. The Balaban J connectivity index is 1.48. The predicted molar refractivity (Wildman–Crippen MR) is 102 cm³/mol. The molecular formula is C20H19F3N4O3. The molecule has 0 amide bonds. The monoisotopic (exact) mass is 420 g/mol. The summed E-state index contributed by atoms with van der Waals surface area (Å²) >= 11 is 0. The molecular weight excluding hydrogens is 401 g/mol. The number of carbonyl (C=O) groups is 1. The number of anilines is 2. The quantitative estimate of drug-likeness (QED) is 0.631. The Morgan fingerprint density at radius 2 is 1.80 bits per heavy atom. The second kappa shape index (κ2) is 7.85. The molecule has 158 valence electrons. The maximum absolute atomic E-state index is 12.7. The summed E-state index contributed by atoms with van der Waals surface area (Å²) in [7, 11) is 0. The molecule has 0 bridgehead atoms. The van der Waals surface area contributed by atoms with Gasteiger partial charge in [-0.2, -0.15) is 22.7 Å². The summed E-state index contributed by atoms with van der Waals surface area (Å²) in [5, 5.41) is 16.3. The first-order chi connectivity index (χ1) is 14.3. The first-order valence-corrected chi connectivity index (χ1v) is 9.49. The molecule has 1 aliphatic rings. The number of halogens is 3. The van der Waals surface area contributed by atoms with Gasteiger partial charge in [0.1, 0.15) is 6.10 Å². The lowest BCUT2D eigenvalue weighted by Crippen LogP contribution is -2.28. The van der Waals surface area contributed by atoms with Crippen LogP contribution >= 0.6 is 0 Å². The zero-order valence-electron chi connectivity index (χ0n) is 15.8. The Hall–Kier alpha value is -3.30. The maximum Gasteiger partial charge on any atom is 0.416 e. The minimum absolute atomic E-state index is 0.110. The van der Waals surface area contributed by atoms with E-state index in [0.717, 1.165) is 12.1 Å². The molecule has 0 unspecified atom stereocenters. The maximum atomic E-state index is 12.7. The van der Waals surface area contributed by atoms with E-state index in [0.29, 0.717) is 42.9 Å². The van der Waals surface area contributed by atoms with Gasteiger partial charge in [0.05, 0.1) is 11.5 Å². The van der Waals surface area contributed by atoms with Crippen LogP contribution in [0.5, 0.6) is 5.88 Å². The molecule has 0 spiro atoms. The lowest BCUT2D eigenvalue weighted by molar-refractivity contribution is -0.143. The van der Waals surface area contributed by atoms with Crippen molar-refractivity contribution in [3.05, 3.63) is 48.0 Å². The molecule has 30 heavy (non-hydrogen) atoms. The number of alkyl halides is 3. The highest BCUT2D eigenvalue weighted by Crippen LogP contribution is 2.31. The number of fused-ring (bicyclic) bond motifs is 1. The first-order valence-electron chi connectivity index (χ1n) is 9.49. The number of aliphatic carboxylic acids is 1. The van der Waals surface area contributed by atoms with Gasteiger partial charge in [0.15, 0.2) is 5.65 Å². The summed E-state index contributed by atoms with van der Waals surface area (Å²) in [5.41, 5.74) is 0.207. The van der Waals surface area contributed by atoms with Gasteiger partial charge >= 0.3 is 12.1 Å². The molecule has 2 heterocycles. The second-order valence-corrected chi connectivity index (χ2v) is 7.20. The van der Waals surface area contributed by atoms with Crippen molar-refractivity contribution < 1.29 is 27.8 Å². The molecule has 1 fully saturated rings. The fraction of sp³-hybridized carbons (Fsp3) is 0.350. The van der Waals surface area contributed by atoms with Gasteiger partial charge in [0.2, 0.25) is 11.8 Å². The van der Waals surface area contributed by atoms with Crippen molar-refractivity contribution in [3.8, 4) is 5.88 Å². The van der Waals surface area contributed by atoms with E-state index in [1.54, 1.807) is 18.2 Å². The van der Waals surface area contributed by atoms with Crippen molar-refractivity contribution in [2.75, 3.05) is 5.32 Å². The summed E-state index contributed by atoms with van der Waals surface area (Å²) in [4.78, 5) is 15.4. The van der Waals surface area contributed by atoms with Crippen LogP contribution in [0, 0.1) is 5.92 Å². The molecule has 0 aliphatic heterocycles. The van der Waals surface area contributed by atoms with Gasteiger partial charge in [-0.05, 0) is 56.0 Å². The third-order valence-corrected chi connectivity index (χ3v) is 5.10. The van der Waals surface area contributed by atoms with Gasteiger partial charge in [-0.15, -0.1) is 5.10 Å². The van der Waals surface area contributed by atoms with Crippen LogP contribution < -0.4 is 10.1 Å². The Labute approximate surface area is 169 Å². The number of benzene rings is 1. The lowest BCUT2D eigenvalue weighted by Gasteiger charge is -2.26. The SMILES string of the molecule is O=C(O)C1CCC(Oc2cccc3nc(Nc4ccc(C(F)(F)F)cc4)nn23)CC1. The highest BCUT2D eigenvalue weighted by Gasteiger charge is 2.30. The average molecular weight is 420 g/mol. The van der Waals surface area contributed by atoms with Crippen molar-refractivity contribution in [2.45, 2.75) is 38.0 Å². The zero-order valence-corrected chi connectivity index (χ0v) is 15.8. The van der Waals surface area contributed by atoms with Crippen LogP contribution in [-0.4, -0.2) is 31.8 Å². The van der Waals surface area contributed by atoms with Crippen LogP contribution in [0.15, 0.2) is 42.5 Å². The van der Waals surface area contributed by atoms with Gasteiger partial charge in [-0.3, -0.25) is 4.79 Å². The van der Waals surface area contributed by atoms with Crippen molar-refractivity contribution >= 4 is 23.3 Å². The molecule has 3 aromatic rings. The Morgan fingerprint density at radius 3 is 2.43 bits per heavy atom. The third kappa shape index (κ3) is 4.32. The van der Waals surface area contributed by atoms with E-state index in [2.05, 4.69) is 15.4 Å². The van der Waals surface area contributed by atoms with Crippen LogP contribution in [0.2, 0.25) is 0 Å². The molecule has 2 N–H and O–H groups in total. The third-order valence-electron chi connectivity index (χ3n) is 5.10. The summed E-state index contributed by atoms with van der Waals surface area (Å²) in [5.74, 6) is -0.406. The smallest absolute Gasteiger partial charge is 0.416 e. The molecule has 1 aromatic carbocycles. The fourth-order valence-electron chi connectivity index (χ4n) is 3.49. The van der Waals surface area contributed by atoms with Gasteiger partial charge in [0.25, 0.3) is 0 Å². The molecule has 0 radical (unpaired) electrons. The van der Waals surface area contributed by atoms with Crippen LogP contribution in [0.4, 0.5) is 24.8 Å². The number of hydrogen-bond acceptors (Lipinski definition) is 5. The minimum Gasteiger partial charge on any atom is -0.481 e. The van der Waals surface area contributed by atoms with Gasteiger partial charge in [0, 0.05) is 11.8 Å². The predicted octanol–water partition coefficient (Wildman–Crippen LogP) is 4.51. The van der Waals surface area contributed by atoms with Crippen molar-refractivity contribution in [1.29, 1.82) is 0 Å². The number of nitrogens with zero attached hydrogens (tertiary/aromatic N) is 3. The Morgan fingerprint density at radius 1 is 1.10 bits per heavy atom. The molecule has 2 aromatic heterocycles. The van der Waals surface area contributed by atoms with Crippen molar-refractivity contribution in [1.82, 2.24) is 14.6 Å². The van der Waals surface area contributed by atoms with Gasteiger partial charge in [-0.25, -0.2) is 0 Å². The molecule has 10 heteroatoms. The summed E-state index contributed by atoms with van der Waals surface area (Å²) in [6.07, 6.45) is -2.10. The van der Waals surface area contributed by atoms with Crippen molar-refractivity contribution in [3.63, 3.8) is 0 Å². The van der Waals surface area contributed by atoms with Crippen molar-refractivity contribution in [2.24, 2.45) is 5.92 Å². The number of carboxylic acids is 1. The first kappa shape index (κ1) is 20.0. The standard InChI is InChI=1S/C20H19F3N4O3/c21-20(22,23)13-6-8-14(9-7-13)24-19-25-16-2-1-3-17(27(16)26-19)30-15-10-4-12(5-11-15)18(28)29/h1-3,6-9,12,15H,4-5,10-11H2,(H,24,26)(H,28,29). The van der Waals surface area contributed by atoms with Crippen LogP contribution in [0.1, 0.15) is 31.2 Å². The van der Waals surface area contributed by atoms with Crippen LogP contribution in [-0.2, 0) is 11.0 Å². The topological polar surface area (TPSA) is 88.8 Å². The molecule has 0 atom stereocenters. The fourth-order valence-corrected chi connectivity index (χ4v) is 3.49. The number of carboxylic acid groups (broad SMARTS) is 1. The van der Waals surface area contributed by atoms with Crippen LogP contribution in [0.25, 0.3) is 5.65 Å². The van der Waals surface area contributed by atoms with E-state index in [1.165, 1.54) is 16.6 Å². The number of hydrogen-bond donors (Lipinski definition) is 2. The molecule has 4 rings (SSSR count). The number of aromatic nitrogens is 3. The number of pyridine rings is 1. The van der Waals surface area contributed by atoms with E-state index >= 15 is 0 Å². The summed E-state index contributed by atoms with van der Waals surface area (Å²) < 4.78 is 45.6. The summed E-state index contributed by atoms with van der Waals surface area (Å²) in [6, 6.07) is 9.84. The van der Waals surface area contributed by atoms with Crippen LogP contribution in [0.3, 0.4) is 0 Å². The van der Waals surface area contributed by atoms with E-state index < -0.39 is 17.7 Å². The van der Waals surface area contributed by atoms with E-state index in [9.17, 15) is 18.0 Å². The second-order valence-electron chi connectivity index (χ2n) is 7.20. The molecule has 1 aliphatic carbocycles. The molecule has 1 saturated carbocycles. The lowest BCUT2D eigenvalue weighted by atomic mass is 9.87. The number of nitrogens with one attached hydrogen (secondary N) is 1. The Kier molecular flexibility index (Phi) is 5.23.